The highest BCUT2D eigenvalue weighted by molar-refractivity contribution is 7.98. The van der Waals surface area contributed by atoms with Gasteiger partial charge in [0, 0.05) is 6.54 Å². The number of nitrogens with zero attached hydrogens (tertiary/aromatic N) is 3. The number of aromatic nitrogens is 2. The molecule has 3 rings (SSSR count). The summed E-state index contributed by atoms with van der Waals surface area (Å²) in [5.41, 5.74) is 0.833. The minimum Gasteiger partial charge on any atom is -0.393 e. The Balaban J connectivity index is 1.85. The second-order valence-corrected chi connectivity index (χ2v) is 8.11. The predicted molar refractivity (Wildman–Crippen MR) is 110 cm³/mol. The van der Waals surface area contributed by atoms with E-state index >= 15 is 0 Å². The lowest BCUT2D eigenvalue weighted by Crippen LogP contribution is -2.47. The van der Waals surface area contributed by atoms with Gasteiger partial charge in [-0.1, -0.05) is 24.3 Å². The first-order valence-electron chi connectivity index (χ1n) is 9.57. The quantitative estimate of drug-likeness (QED) is 0.562. The number of halogens is 3. The van der Waals surface area contributed by atoms with Crippen LogP contribution < -0.4 is 5.32 Å². The number of hydrogen-bond acceptors (Lipinski definition) is 7. The SMILES string of the molecule is CSCCC(C(=O)Nc1cnc([C@H](O)CO)cn1)N1Cc2ccccc2C1C(F)(F)F. The normalized spacial score (nSPS) is 18.5. The van der Waals surface area contributed by atoms with Crippen LogP contribution in [-0.4, -0.2) is 61.8 Å². The molecule has 1 amide bonds. The first-order chi connectivity index (χ1) is 14.8. The van der Waals surface area contributed by atoms with Gasteiger partial charge in [-0.2, -0.15) is 24.9 Å². The van der Waals surface area contributed by atoms with Crippen molar-refractivity contribution in [2.24, 2.45) is 0 Å². The number of fused-ring (bicyclic) bond motifs is 1. The van der Waals surface area contributed by atoms with Crippen LogP contribution in [0.4, 0.5) is 19.0 Å². The Bertz CT molecular complexity index is 898. The number of rotatable bonds is 8. The van der Waals surface area contributed by atoms with E-state index in [4.69, 9.17) is 5.11 Å². The molecule has 7 nitrogen and oxygen atoms in total. The highest BCUT2D eigenvalue weighted by Crippen LogP contribution is 2.46. The highest BCUT2D eigenvalue weighted by Gasteiger charge is 2.51. The van der Waals surface area contributed by atoms with E-state index in [2.05, 4.69) is 15.3 Å². The minimum atomic E-state index is -4.54. The standard InChI is InChI=1S/C20H23F3N4O3S/c1-31-7-6-15(19(30)26-17-9-24-14(8-25-17)16(29)11-28)27-10-12-4-2-3-5-13(12)18(27)20(21,22)23/h2-5,8-9,15-16,18,28-29H,6-7,10-11H2,1H3,(H,25,26,30)/t15?,16-,18?/m1/s1. The number of aliphatic hydroxyl groups is 2. The third-order valence-corrected chi connectivity index (χ3v) is 5.72. The molecule has 1 aromatic carbocycles. The van der Waals surface area contributed by atoms with Crippen molar-refractivity contribution in [2.45, 2.75) is 37.3 Å². The van der Waals surface area contributed by atoms with Gasteiger partial charge in [-0.25, -0.2) is 4.98 Å². The van der Waals surface area contributed by atoms with Crippen LogP contribution in [0, 0.1) is 0 Å². The third kappa shape index (κ3) is 5.35. The lowest BCUT2D eigenvalue weighted by molar-refractivity contribution is -0.189. The Morgan fingerprint density at radius 1 is 1.32 bits per heavy atom. The average molecular weight is 456 g/mol. The van der Waals surface area contributed by atoms with Crippen molar-refractivity contribution >= 4 is 23.5 Å². The summed E-state index contributed by atoms with van der Waals surface area (Å²) in [4.78, 5) is 22.1. The number of nitrogens with one attached hydrogen (secondary N) is 1. The van der Waals surface area contributed by atoms with Gasteiger partial charge in [-0.15, -0.1) is 0 Å². The molecular weight excluding hydrogens is 433 g/mol. The van der Waals surface area contributed by atoms with Crippen LogP contribution in [0.1, 0.15) is 35.4 Å². The van der Waals surface area contributed by atoms with Gasteiger partial charge in [-0.3, -0.25) is 14.7 Å². The molecule has 31 heavy (non-hydrogen) atoms. The zero-order valence-corrected chi connectivity index (χ0v) is 17.5. The monoisotopic (exact) mass is 456 g/mol. The summed E-state index contributed by atoms with van der Waals surface area (Å²) in [5.74, 6) is -0.0582. The van der Waals surface area contributed by atoms with E-state index in [1.807, 2.05) is 6.26 Å². The Kier molecular flexibility index (Phi) is 7.52. The van der Waals surface area contributed by atoms with Gasteiger partial charge < -0.3 is 15.5 Å². The summed E-state index contributed by atoms with van der Waals surface area (Å²) in [6.07, 6.45) is -1.31. The predicted octanol–water partition coefficient (Wildman–Crippen LogP) is 2.68. The molecule has 2 unspecified atom stereocenters. The van der Waals surface area contributed by atoms with Crippen molar-refractivity contribution < 1.29 is 28.2 Å². The van der Waals surface area contributed by atoms with E-state index in [1.54, 1.807) is 18.2 Å². The van der Waals surface area contributed by atoms with Crippen molar-refractivity contribution in [1.82, 2.24) is 14.9 Å². The maximum absolute atomic E-state index is 14.0. The van der Waals surface area contributed by atoms with Crippen LogP contribution >= 0.6 is 11.8 Å². The average Bonchev–Trinajstić information content (AvgIpc) is 3.13. The summed E-state index contributed by atoms with van der Waals surface area (Å²) in [5, 5.41) is 21.1. The fraction of sp³-hybridized carbons (Fsp3) is 0.450. The molecular formula is C20H23F3N4O3S. The first-order valence-corrected chi connectivity index (χ1v) is 11.0. The van der Waals surface area contributed by atoms with Gasteiger partial charge in [0.2, 0.25) is 5.91 Å². The molecule has 2 aromatic rings. The summed E-state index contributed by atoms with van der Waals surface area (Å²) < 4.78 is 41.9. The van der Waals surface area contributed by atoms with E-state index in [9.17, 15) is 23.1 Å². The van der Waals surface area contributed by atoms with Gasteiger partial charge in [-0.05, 0) is 29.6 Å². The van der Waals surface area contributed by atoms with Gasteiger partial charge in [0.25, 0.3) is 0 Å². The van der Waals surface area contributed by atoms with E-state index in [-0.39, 0.29) is 30.0 Å². The van der Waals surface area contributed by atoms with Crippen LogP contribution in [0.25, 0.3) is 0 Å². The van der Waals surface area contributed by atoms with Crippen LogP contribution in [-0.2, 0) is 11.3 Å². The Morgan fingerprint density at radius 3 is 2.68 bits per heavy atom. The fourth-order valence-electron chi connectivity index (χ4n) is 3.62. The number of alkyl halides is 3. The summed E-state index contributed by atoms with van der Waals surface area (Å²) >= 11 is 1.45. The molecule has 0 radical (unpaired) electrons. The molecule has 0 saturated carbocycles. The molecule has 0 spiro atoms. The molecule has 11 heteroatoms. The Labute approximate surface area is 181 Å². The van der Waals surface area contributed by atoms with Crippen LogP contribution in [0.15, 0.2) is 36.7 Å². The van der Waals surface area contributed by atoms with Gasteiger partial charge >= 0.3 is 6.18 Å². The van der Waals surface area contributed by atoms with E-state index < -0.39 is 36.9 Å². The molecule has 1 aliphatic heterocycles. The smallest absolute Gasteiger partial charge is 0.393 e. The molecule has 2 heterocycles. The molecule has 1 aliphatic rings. The van der Waals surface area contributed by atoms with Crippen LogP contribution in [0.5, 0.6) is 0 Å². The second kappa shape index (κ2) is 9.94. The molecule has 3 atom stereocenters. The molecule has 0 aliphatic carbocycles. The number of hydrogen-bond donors (Lipinski definition) is 3. The summed E-state index contributed by atoms with van der Waals surface area (Å²) in [6, 6.07) is 3.45. The van der Waals surface area contributed by atoms with Crippen molar-refractivity contribution in [2.75, 3.05) is 23.9 Å². The Hall–Kier alpha value is -2.21. The summed E-state index contributed by atoms with van der Waals surface area (Å²) in [7, 11) is 0. The maximum Gasteiger partial charge on any atom is 0.408 e. The van der Waals surface area contributed by atoms with E-state index in [0.29, 0.717) is 11.3 Å². The fourth-order valence-corrected chi connectivity index (χ4v) is 4.08. The van der Waals surface area contributed by atoms with Gasteiger partial charge in [0.05, 0.1) is 30.7 Å². The van der Waals surface area contributed by atoms with E-state index in [0.717, 1.165) is 0 Å². The number of thioether (sulfide) groups is 1. The minimum absolute atomic E-state index is 0.0140. The number of carbonyl (C=O) groups excluding carboxylic acids is 1. The molecule has 0 bridgehead atoms. The van der Waals surface area contributed by atoms with Gasteiger partial charge in [0.15, 0.2) is 5.82 Å². The summed E-state index contributed by atoms with van der Waals surface area (Å²) in [6.45, 7) is -0.522. The lowest BCUT2D eigenvalue weighted by Gasteiger charge is -2.33. The Morgan fingerprint density at radius 2 is 2.06 bits per heavy atom. The molecule has 0 fully saturated rings. The number of aliphatic hydroxyl groups excluding tert-OH is 2. The van der Waals surface area contributed by atoms with Crippen molar-refractivity contribution in [3.05, 3.63) is 53.5 Å². The maximum atomic E-state index is 14.0. The highest BCUT2D eigenvalue weighted by atomic mass is 32.2. The first kappa shape index (κ1) is 23.5. The van der Waals surface area contributed by atoms with Crippen molar-refractivity contribution in [3.8, 4) is 0 Å². The zero-order chi connectivity index (χ0) is 22.6. The molecule has 1 aromatic heterocycles. The number of amides is 1. The molecule has 0 saturated heterocycles. The number of anilines is 1. The lowest BCUT2D eigenvalue weighted by atomic mass is 10.0. The number of carbonyl (C=O) groups is 1. The zero-order valence-electron chi connectivity index (χ0n) is 16.7. The largest absolute Gasteiger partial charge is 0.408 e. The van der Waals surface area contributed by atoms with Crippen LogP contribution in [0.2, 0.25) is 0 Å². The van der Waals surface area contributed by atoms with Crippen molar-refractivity contribution in [1.29, 1.82) is 0 Å². The van der Waals surface area contributed by atoms with Crippen molar-refractivity contribution in [3.63, 3.8) is 0 Å². The topological polar surface area (TPSA) is 98.6 Å². The molecule has 3 N–H and O–H groups in total. The van der Waals surface area contributed by atoms with Gasteiger partial charge in [0.1, 0.15) is 12.1 Å². The molecule has 168 valence electrons. The third-order valence-electron chi connectivity index (χ3n) is 5.08. The second-order valence-electron chi connectivity index (χ2n) is 7.13. The number of benzene rings is 1. The van der Waals surface area contributed by atoms with E-state index in [1.165, 1.54) is 35.1 Å². The van der Waals surface area contributed by atoms with Crippen LogP contribution in [0.3, 0.4) is 0 Å².